The number of nitro groups is 1. The number of nitrogens with zero attached hydrogens (tertiary/aromatic N) is 3. The first-order chi connectivity index (χ1) is 13.4. The van der Waals surface area contributed by atoms with Gasteiger partial charge < -0.3 is 5.32 Å². The number of anilines is 3. The van der Waals surface area contributed by atoms with E-state index in [9.17, 15) is 14.9 Å². The van der Waals surface area contributed by atoms with Gasteiger partial charge in [-0.05, 0) is 30.2 Å². The molecule has 0 aliphatic rings. The highest BCUT2D eigenvalue weighted by atomic mass is 16.6. The third kappa shape index (κ3) is 4.01. The van der Waals surface area contributed by atoms with Crippen LogP contribution in [0.3, 0.4) is 0 Å². The van der Waals surface area contributed by atoms with Crippen LogP contribution < -0.4 is 10.2 Å². The molecule has 28 heavy (non-hydrogen) atoms. The first kappa shape index (κ1) is 19.1. The normalized spacial score (nSPS) is 10.7. The van der Waals surface area contributed by atoms with Crippen LogP contribution in [0.5, 0.6) is 0 Å². The minimum Gasteiger partial charge on any atom is -0.350 e. The van der Waals surface area contributed by atoms with Crippen LogP contribution in [-0.2, 0) is 0 Å². The Labute approximate surface area is 162 Å². The molecule has 0 aliphatic carbocycles. The molecule has 2 aromatic carbocycles. The van der Waals surface area contributed by atoms with Crippen molar-refractivity contribution in [2.45, 2.75) is 19.8 Å². The van der Waals surface area contributed by atoms with Crippen LogP contribution in [0.15, 0.2) is 54.6 Å². The Hall–Kier alpha value is -3.68. The van der Waals surface area contributed by atoms with Crippen LogP contribution >= 0.6 is 0 Å². The second-order valence-corrected chi connectivity index (χ2v) is 6.68. The zero-order valence-electron chi connectivity index (χ0n) is 15.8. The first-order valence-electron chi connectivity index (χ1n) is 8.80. The van der Waals surface area contributed by atoms with Gasteiger partial charge in [0.1, 0.15) is 5.69 Å². The van der Waals surface area contributed by atoms with Crippen molar-refractivity contribution in [3.63, 3.8) is 0 Å². The molecule has 8 nitrogen and oxygen atoms in total. The Morgan fingerprint density at radius 3 is 2.50 bits per heavy atom. The molecule has 0 unspecified atom stereocenters. The molecule has 0 radical (unpaired) electrons. The Kier molecular flexibility index (Phi) is 5.39. The predicted molar refractivity (Wildman–Crippen MR) is 108 cm³/mol. The fourth-order valence-electron chi connectivity index (χ4n) is 2.69. The van der Waals surface area contributed by atoms with Gasteiger partial charge in [-0.15, -0.1) is 0 Å². The summed E-state index contributed by atoms with van der Waals surface area (Å²) < 4.78 is 0. The second kappa shape index (κ2) is 7.91. The number of hydrogen-bond acceptors (Lipinski definition) is 5. The molecular weight excluding hydrogens is 358 g/mol. The van der Waals surface area contributed by atoms with Crippen LogP contribution in [0, 0.1) is 10.1 Å². The highest BCUT2D eigenvalue weighted by Gasteiger charge is 2.22. The van der Waals surface area contributed by atoms with E-state index in [0.29, 0.717) is 11.5 Å². The average molecular weight is 379 g/mol. The van der Waals surface area contributed by atoms with Crippen molar-refractivity contribution >= 4 is 28.8 Å². The third-order valence-electron chi connectivity index (χ3n) is 4.35. The van der Waals surface area contributed by atoms with E-state index in [1.54, 1.807) is 31.3 Å². The smallest absolute Gasteiger partial charge is 0.293 e. The zero-order chi connectivity index (χ0) is 20.3. The molecule has 144 valence electrons. The summed E-state index contributed by atoms with van der Waals surface area (Å²) in [7, 11) is 1.59. The Morgan fingerprint density at radius 1 is 1.18 bits per heavy atom. The molecule has 3 aromatic rings. The monoisotopic (exact) mass is 379 g/mol. The molecule has 0 atom stereocenters. The number of carbonyl (C=O) groups excluding carboxylic acids is 1. The number of carbonyl (C=O) groups is 1. The summed E-state index contributed by atoms with van der Waals surface area (Å²) in [5.41, 5.74) is 1.98. The second-order valence-electron chi connectivity index (χ2n) is 6.68. The maximum atomic E-state index is 12.8. The van der Waals surface area contributed by atoms with Crippen LogP contribution in [0.4, 0.5) is 22.9 Å². The van der Waals surface area contributed by atoms with E-state index < -0.39 is 4.92 Å². The van der Waals surface area contributed by atoms with Gasteiger partial charge in [0.15, 0.2) is 5.82 Å². The summed E-state index contributed by atoms with van der Waals surface area (Å²) in [6.07, 6.45) is 0. The quantitative estimate of drug-likeness (QED) is 0.486. The molecule has 0 spiro atoms. The zero-order valence-corrected chi connectivity index (χ0v) is 15.8. The largest absolute Gasteiger partial charge is 0.350 e. The number of benzene rings is 2. The van der Waals surface area contributed by atoms with E-state index in [1.807, 2.05) is 32.0 Å². The summed E-state index contributed by atoms with van der Waals surface area (Å²) >= 11 is 0. The minimum absolute atomic E-state index is 0.173. The van der Waals surface area contributed by atoms with E-state index in [-0.39, 0.29) is 23.1 Å². The number of amides is 1. The van der Waals surface area contributed by atoms with Crippen molar-refractivity contribution in [3.8, 4) is 0 Å². The number of aromatic amines is 1. The lowest BCUT2D eigenvalue weighted by Gasteiger charge is -2.15. The number of nitrogens with one attached hydrogen (secondary N) is 2. The van der Waals surface area contributed by atoms with E-state index in [4.69, 9.17) is 0 Å². The topological polar surface area (TPSA) is 104 Å². The van der Waals surface area contributed by atoms with Gasteiger partial charge in [-0.2, -0.15) is 5.10 Å². The third-order valence-corrected chi connectivity index (χ3v) is 4.35. The Balaban J connectivity index is 1.88. The molecule has 1 amide bonds. The molecular formula is C20H21N5O3. The highest BCUT2D eigenvalue weighted by molar-refractivity contribution is 6.06. The standard InChI is InChI=1S/C20H21N5O3/c1-13(2)17-12-19(23-22-17)24(3)20(26)14-9-10-16(18(11-14)25(27)28)21-15-7-5-4-6-8-15/h4-13,21H,1-3H3,(H,22,23). The van der Waals surface area contributed by atoms with Gasteiger partial charge in [-0.25, -0.2) is 0 Å². The fourth-order valence-corrected chi connectivity index (χ4v) is 2.69. The summed E-state index contributed by atoms with van der Waals surface area (Å²) in [6.45, 7) is 4.03. The first-order valence-corrected chi connectivity index (χ1v) is 8.80. The van der Waals surface area contributed by atoms with Gasteiger partial charge in [0, 0.05) is 36.1 Å². The summed E-state index contributed by atoms with van der Waals surface area (Å²) in [4.78, 5) is 25.2. The Morgan fingerprint density at radius 2 is 1.89 bits per heavy atom. The van der Waals surface area contributed by atoms with Gasteiger partial charge in [0.25, 0.3) is 11.6 Å². The van der Waals surface area contributed by atoms with Gasteiger partial charge in [0.2, 0.25) is 0 Å². The summed E-state index contributed by atoms with van der Waals surface area (Å²) in [5, 5.41) is 21.6. The lowest BCUT2D eigenvalue weighted by atomic mass is 10.1. The number of hydrogen-bond donors (Lipinski definition) is 2. The number of aromatic nitrogens is 2. The van der Waals surface area contributed by atoms with E-state index in [1.165, 1.54) is 17.0 Å². The van der Waals surface area contributed by atoms with E-state index in [0.717, 1.165) is 11.4 Å². The average Bonchev–Trinajstić information content (AvgIpc) is 3.18. The SMILES string of the molecule is CC(C)c1cc(N(C)C(=O)c2ccc(Nc3ccccc3)c([N+](=O)[O-])c2)n[nH]1. The summed E-state index contributed by atoms with van der Waals surface area (Å²) in [6, 6.07) is 15.3. The van der Waals surface area contributed by atoms with Crippen molar-refractivity contribution < 1.29 is 9.72 Å². The lowest BCUT2D eigenvalue weighted by Crippen LogP contribution is -2.26. The molecule has 0 fully saturated rings. The van der Waals surface area contributed by atoms with Crippen molar-refractivity contribution in [1.82, 2.24) is 10.2 Å². The van der Waals surface area contributed by atoms with Crippen LogP contribution in [0.2, 0.25) is 0 Å². The van der Waals surface area contributed by atoms with Crippen molar-refractivity contribution in [2.24, 2.45) is 0 Å². The molecule has 1 aromatic heterocycles. The number of nitro benzene ring substituents is 1. The van der Waals surface area contributed by atoms with Gasteiger partial charge in [0.05, 0.1) is 4.92 Å². The number of H-pyrrole nitrogens is 1. The van der Waals surface area contributed by atoms with Crippen LogP contribution in [-0.4, -0.2) is 28.1 Å². The number of para-hydroxylation sites is 1. The Bertz CT molecular complexity index is 998. The van der Waals surface area contributed by atoms with Crippen LogP contribution in [0.1, 0.15) is 35.8 Å². The van der Waals surface area contributed by atoms with Crippen molar-refractivity contribution in [2.75, 3.05) is 17.3 Å². The molecule has 3 rings (SSSR count). The van der Waals surface area contributed by atoms with Gasteiger partial charge in [-0.1, -0.05) is 32.0 Å². The van der Waals surface area contributed by atoms with E-state index >= 15 is 0 Å². The van der Waals surface area contributed by atoms with Crippen molar-refractivity contribution in [3.05, 3.63) is 76.0 Å². The molecule has 0 aliphatic heterocycles. The number of rotatable bonds is 6. The van der Waals surface area contributed by atoms with Gasteiger partial charge >= 0.3 is 0 Å². The molecule has 2 N–H and O–H groups in total. The summed E-state index contributed by atoms with van der Waals surface area (Å²) in [5.74, 6) is 0.327. The molecule has 8 heteroatoms. The lowest BCUT2D eigenvalue weighted by molar-refractivity contribution is -0.383. The van der Waals surface area contributed by atoms with Gasteiger partial charge in [-0.3, -0.25) is 24.9 Å². The molecule has 0 bridgehead atoms. The fraction of sp³-hybridized carbons (Fsp3) is 0.200. The van der Waals surface area contributed by atoms with Crippen molar-refractivity contribution in [1.29, 1.82) is 0 Å². The molecule has 0 saturated carbocycles. The molecule has 1 heterocycles. The predicted octanol–water partition coefficient (Wildman–Crippen LogP) is 4.46. The minimum atomic E-state index is -0.506. The maximum absolute atomic E-state index is 12.8. The maximum Gasteiger partial charge on any atom is 0.293 e. The highest BCUT2D eigenvalue weighted by Crippen LogP contribution is 2.29. The van der Waals surface area contributed by atoms with Crippen LogP contribution in [0.25, 0.3) is 0 Å². The molecule has 0 saturated heterocycles. The van der Waals surface area contributed by atoms with E-state index in [2.05, 4.69) is 15.5 Å².